The van der Waals surface area contributed by atoms with Crippen molar-refractivity contribution in [3.05, 3.63) is 0 Å². The monoisotopic (exact) mass is 156 g/mol. The van der Waals surface area contributed by atoms with E-state index in [1.54, 1.807) is 0 Å². The molecule has 0 aliphatic rings. The molecular formula is C10H28. The van der Waals surface area contributed by atoms with Crippen LogP contribution < -0.4 is 0 Å². The smallest absolute Gasteiger partial charge is 0.124 e. The second-order valence-corrected chi connectivity index (χ2v) is 0. The van der Waals surface area contributed by atoms with E-state index in [4.69, 9.17) is 5.48 Å². The van der Waals surface area contributed by atoms with Gasteiger partial charge in [0.15, 0.2) is 0 Å². The van der Waals surface area contributed by atoms with E-state index < -0.39 is 0 Å². The van der Waals surface area contributed by atoms with Gasteiger partial charge in [-0.3, -0.25) is 0 Å². The maximum absolute atomic E-state index is 5.88. The summed E-state index contributed by atoms with van der Waals surface area (Å²) in [4.78, 5) is 0. The fourth-order valence-corrected chi connectivity index (χ4v) is 0. The lowest BCUT2D eigenvalue weighted by Crippen LogP contribution is -0.576. The molecule has 0 aromatic rings. The average Bonchev–Trinajstić information content (AvgIpc) is 1.70. The van der Waals surface area contributed by atoms with E-state index in [2.05, 4.69) is 12.8 Å². The highest BCUT2D eigenvalue weighted by molar-refractivity contribution is 4.47. The molecule has 0 aliphatic heterocycles. The molecule has 0 radical (unpaired) electrons. The van der Waals surface area contributed by atoms with Gasteiger partial charge in [0.2, 0.25) is 0 Å². The van der Waals surface area contributed by atoms with Crippen LogP contribution in [0.25, 0.3) is 0 Å². The van der Waals surface area contributed by atoms with Gasteiger partial charge in [-0.05, 0) is 0 Å². The highest BCUT2D eigenvalue weighted by atomic mass is 12.6. The lowest BCUT2D eigenvalue weighted by molar-refractivity contribution is 2.50. The number of terminal acetylenes is 2. The Morgan fingerprint density at radius 3 is 0.800 bits per heavy atom. The normalized spacial score (nSPS) is 3.80. The van der Waals surface area contributed by atoms with Gasteiger partial charge >= 0.3 is 0 Å². The molecule has 0 unspecified atom stereocenters. The van der Waals surface area contributed by atoms with Crippen molar-refractivity contribution in [2.45, 2.75) is 44.5 Å². The van der Waals surface area contributed by atoms with Crippen LogP contribution in [0, 0.1) is 25.6 Å². The van der Waals surface area contributed by atoms with Crippen LogP contribution in [0.5, 0.6) is 0 Å². The zero-order valence-electron chi connectivity index (χ0n) is 6.86. The lowest BCUT2D eigenvalue weighted by atomic mass is 11.4. The summed E-state index contributed by atoms with van der Waals surface area (Å²) in [7, 11) is -0.250. The van der Waals surface area contributed by atoms with Crippen LogP contribution in [0.4, 0.5) is 0 Å². The van der Waals surface area contributed by atoms with Gasteiger partial charge in [0.25, 0.3) is 0 Å². The van der Waals surface area contributed by atoms with E-state index in [1.807, 2.05) is 0 Å². The van der Waals surface area contributed by atoms with Crippen molar-refractivity contribution in [2.75, 3.05) is 0 Å². The van der Waals surface area contributed by atoms with E-state index in [-0.39, 0.29) is 44.5 Å². The number of rotatable bonds is 0. The standard InChI is InChI=1S/2C2H2.6CH4/c2*1-2;;;;;;/h2*1-2H;6*1H4/i2*1T;1T2;;;;;. The van der Waals surface area contributed by atoms with Crippen LogP contribution in [0.15, 0.2) is 0 Å². The van der Waals surface area contributed by atoms with E-state index in [0.29, 0.717) is 0 Å². The Kier molecular flexibility index (Phi) is 1220. The molecule has 68 valence electrons. The quantitative estimate of drug-likeness (QED) is 0.458. The van der Waals surface area contributed by atoms with E-state index in [0.717, 1.165) is 0 Å². The number of hydrogen-bond acceptors (Lipinski definition) is 0. The largest absolute Gasteiger partial charge is 0.124 e. The van der Waals surface area contributed by atoms with E-state index >= 15 is 0 Å². The molecule has 0 heterocycles. The van der Waals surface area contributed by atoms with Gasteiger partial charge < -0.3 is 0 Å². The highest BCUT2D eigenvalue weighted by Crippen LogP contribution is 0.581. The summed E-state index contributed by atoms with van der Waals surface area (Å²) in [5.74, 6) is 0. The Labute approximate surface area is 76.7 Å². The number of hydrogen-bond donors (Lipinski definition) is 0. The molecule has 0 rings (SSSR count). The minimum absolute atomic E-state index is 0. The summed E-state index contributed by atoms with van der Waals surface area (Å²) in [5.41, 5.74) is 0. The van der Waals surface area contributed by atoms with Crippen molar-refractivity contribution in [2.24, 2.45) is 0 Å². The second kappa shape index (κ2) is 532. The van der Waals surface area contributed by atoms with Crippen molar-refractivity contribution < 1.29 is 5.48 Å². The first-order chi connectivity index (χ1) is 4.24. The molecule has 0 amide bonds. The average molecular weight is 156 g/mol. The van der Waals surface area contributed by atoms with Crippen LogP contribution in [0.3, 0.4) is 0 Å². The zero-order valence-corrected chi connectivity index (χ0v) is 2.86. The molecule has 0 saturated carbocycles. The third kappa shape index (κ3) is 344. The Hall–Kier alpha value is -0.880. The fraction of sp³-hybridized carbons (Fsp3) is 0.600. The maximum Gasteiger partial charge on any atom is 0.124 e. The summed E-state index contributed by atoms with van der Waals surface area (Å²) >= 11 is 0. The molecule has 10 heavy (non-hydrogen) atoms. The first-order valence-corrected chi connectivity index (χ1v) is 0.577. The van der Waals surface area contributed by atoms with Gasteiger partial charge in [-0.2, -0.15) is 0 Å². The molecule has 0 atom stereocenters. The molecule has 0 aromatic carbocycles. The van der Waals surface area contributed by atoms with Gasteiger partial charge in [-0.15, -0.1) is 25.6 Å². The fourth-order valence-electron chi connectivity index (χ4n) is 0. The Morgan fingerprint density at radius 2 is 0.800 bits per heavy atom. The predicted molar refractivity (Wildman–Crippen MR) is 60.2 cm³/mol. The molecule has 0 aromatic heterocycles. The van der Waals surface area contributed by atoms with Crippen LogP contribution in [-0.2, 0) is 0 Å². The minimum atomic E-state index is -0.250. The van der Waals surface area contributed by atoms with Crippen molar-refractivity contribution in [1.82, 2.24) is 0 Å². The predicted octanol–water partition coefficient (Wildman–Crippen LogP) is 4.32. The SMILES string of the molecule is C.C.C.C.C.[3H]C#C.[3H]C#C.[3H]C[3H]. The molecule has 0 saturated heterocycles. The molecule has 0 spiro atoms. The molecular weight excluding hydrogens is 120 g/mol. The molecule has 0 heteroatoms. The maximum atomic E-state index is 5.88. The Morgan fingerprint density at radius 1 is 0.800 bits per heavy atom. The van der Waals surface area contributed by atoms with Crippen LogP contribution in [0.1, 0.15) is 50.0 Å². The second-order valence-electron chi connectivity index (χ2n) is 0. The molecule has 0 nitrogen and oxygen atoms in total. The highest BCUT2D eigenvalue weighted by Gasteiger charge is 0.456. The Bertz CT molecular complexity index is 77.3. The summed E-state index contributed by atoms with van der Waals surface area (Å²) in [6.07, 6.45) is 11.5. The minimum Gasteiger partial charge on any atom is -0.124 e. The van der Waals surface area contributed by atoms with Crippen LogP contribution >= 0.6 is 0 Å². The van der Waals surface area contributed by atoms with Gasteiger partial charge in [0.05, 0.1) is 0 Å². The van der Waals surface area contributed by atoms with Gasteiger partial charge in [-0.25, -0.2) is 0 Å². The topological polar surface area (TPSA) is 0 Å². The van der Waals surface area contributed by atoms with Crippen molar-refractivity contribution in [3.8, 4) is 25.6 Å². The molecule has 0 fully saturated rings. The van der Waals surface area contributed by atoms with Gasteiger partial charge in [0.1, 0.15) is 2.74 Å². The third-order valence-corrected chi connectivity index (χ3v) is 0. The third-order valence-electron chi connectivity index (χ3n) is 0. The summed E-state index contributed by atoms with van der Waals surface area (Å²) in [6.45, 7) is 0. The molecule has 0 N–H and O–H groups in total. The van der Waals surface area contributed by atoms with Crippen molar-refractivity contribution in [3.63, 3.8) is 0 Å². The zero-order chi connectivity index (χ0) is 8.12. The van der Waals surface area contributed by atoms with Crippen molar-refractivity contribution >= 4 is 0 Å². The Balaban J connectivity index is -0.00000000545. The van der Waals surface area contributed by atoms with Gasteiger partial charge in [-0.1, -0.05) is 44.5 Å². The van der Waals surface area contributed by atoms with Crippen LogP contribution in [-0.4, -0.2) is 0 Å². The first-order valence-electron chi connectivity index (χ1n) is 2.99. The van der Waals surface area contributed by atoms with E-state index in [1.165, 1.54) is 12.8 Å². The summed E-state index contributed by atoms with van der Waals surface area (Å²) < 4.78 is 23.2. The van der Waals surface area contributed by atoms with Crippen molar-refractivity contribution in [1.29, 1.82) is 0 Å². The molecule has 0 bridgehead atoms. The first kappa shape index (κ1) is 22.9. The van der Waals surface area contributed by atoms with Gasteiger partial charge in [0, 0.05) is 2.74 Å². The van der Waals surface area contributed by atoms with E-state index in [9.17, 15) is 0 Å². The summed E-state index contributed by atoms with van der Waals surface area (Å²) in [6, 6.07) is 0. The molecule has 0 aliphatic carbocycles. The lowest BCUT2D eigenvalue weighted by Gasteiger charge is -0.701. The summed E-state index contributed by atoms with van der Waals surface area (Å²) in [5, 5.41) is 0. The van der Waals surface area contributed by atoms with Crippen LogP contribution in [0.2, 0.25) is 0 Å².